The summed E-state index contributed by atoms with van der Waals surface area (Å²) in [5.74, 6) is 0. The van der Waals surface area contributed by atoms with Crippen molar-refractivity contribution in [2.45, 2.75) is 0 Å². The van der Waals surface area contributed by atoms with E-state index in [0.717, 1.165) is 0 Å². The van der Waals surface area contributed by atoms with Crippen molar-refractivity contribution >= 4 is 47.7 Å². The third-order valence-corrected chi connectivity index (χ3v) is 11.8. The Kier molecular flexibility index (Phi) is 16.8. The van der Waals surface area contributed by atoms with E-state index in [2.05, 4.69) is 182 Å². The smallest absolute Gasteiger partial charge is 0.512 e. The van der Waals surface area contributed by atoms with Gasteiger partial charge in [0, 0.05) is 0 Å². The molecule has 43 heavy (non-hydrogen) atoms. The molecule has 0 aliphatic rings. The summed E-state index contributed by atoms with van der Waals surface area (Å²) in [6, 6.07) is 65.0. The van der Waals surface area contributed by atoms with Gasteiger partial charge in [0.1, 0.15) is 31.8 Å². The third-order valence-electron chi connectivity index (χ3n) is 6.37. The van der Waals surface area contributed by atoms with Gasteiger partial charge < -0.3 is 23.7 Å². The van der Waals surface area contributed by atoms with Crippen LogP contribution in [-0.4, -0.2) is 0 Å². The Balaban J connectivity index is 0.000000264. The topological polar surface area (TPSA) is 47.6 Å². The van der Waals surface area contributed by atoms with Gasteiger partial charge in [-0.1, -0.05) is 109 Å². The molecule has 0 radical (unpaired) electrons. The summed E-state index contributed by atoms with van der Waals surface area (Å²) in [7, 11) is -1.75. The molecule has 212 valence electrons. The predicted molar refractivity (Wildman–Crippen MR) is 183 cm³/mol. The first-order valence-electron chi connectivity index (χ1n) is 13.4. The molecule has 0 spiro atoms. The zero-order chi connectivity index (χ0) is 29.8. The summed E-state index contributed by atoms with van der Waals surface area (Å²) >= 11 is 0. The number of rotatable bonds is 6. The Bertz CT molecular complexity index is 1270. The maximum atomic E-state index is 6.25. The van der Waals surface area contributed by atoms with Crippen molar-refractivity contribution in [2.24, 2.45) is 0 Å². The Hall–Kier alpha value is -4.18. The average Bonchev–Trinajstić information content (AvgIpc) is 3.10. The molecule has 5 heteroatoms. The van der Waals surface area contributed by atoms with Gasteiger partial charge in [0.25, 0.3) is 0 Å². The molecular formula is C38H32N2P2Pd+2. The van der Waals surface area contributed by atoms with Crippen LogP contribution in [-0.2, 0) is 20.4 Å². The van der Waals surface area contributed by atoms with Crippen LogP contribution in [0.15, 0.2) is 182 Å². The molecule has 0 saturated carbocycles. The monoisotopic (exact) mass is 684 g/mol. The van der Waals surface area contributed by atoms with E-state index in [1.54, 1.807) is 0 Å². The molecule has 0 aliphatic carbocycles. The van der Waals surface area contributed by atoms with Crippen LogP contribution in [0.4, 0.5) is 0 Å². The molecule has 0 saturated heterocycles. The SMILES string of the molecule is [C-]#N.[C-]#N.[Pd+2].c1ccc([PH+](c2ccccc2)c2ccccc2)cc1.c1ccc([PH+](c2ccccc2)c2ccccc2)cc1. The van der Waals surface area contributed by atoms with Crippen molar-refractivity contribution in [3.63, 3.8) is 0 Å². The minimum Gasteiger partial charge on any atom is -0.512 e. The first kappa shape index (κ1) is 35.0. The van der Waals surface area contributed by atoms with Gasteiger partial charge in [0.2, 0.25) is 0 Å². The Morgan fingerprint density at radius 1 is 0.256 bits per heavy atom. The fraction of sp³-hybridized carbons (Fsp3) is 0. The third kappa shape index (κ3) is 10.6. The first-order valence-corrected chi connectivity index (χ1v) is 16.4. The number of hydrogen-bond donors (Lipinski definition) is 0. The molecule has 0 aliphatic heterocycles. The maximum Gasteiger partial charge on any atom is 2.00 e. The van der Waals surface area contributed by atoms with E-state index < -0.39 is 15.8 Å². The van der Waals surface area contributed by atoms with Crippen LogP contribution in [0.25, 0.3) is 0 Å². The second-order valence-electron chi connectivity index (χ2n) is 8.95. The Labute approximate surface area is 272 Å². The van der Waals surface area contributed by atoms with Gasteiger partial charge >= 0.3 is 20.4 Å². The quantitative estimate of drug-likeness (QED) is 0.114. The normalized spacial score (nSPS) is 9.44. The summed E-state index contributed by atoms with van der Waals surface area (Å²) in [5, 5.41) is 21.1. The van der Waals surface area contributed by atoms with Crippen LogP contribution < -0.4 is 31.8 Å². The van der Waals surface area contributed by atoms with Crippen molar-refractivity contribution in [2.75, 3.05) is 0 Å². The molecule has 6 aromatic carbocycles. The molecule has 0 heterocycles. The average molecular weight is 685 g/mol. The maximum absolute atomic E-state index is 6.25. The minimum absolute atomic E-state index is 0. The Morgan fingerprint density at radius 3 is 0.488 bits per heavy atom. The zero-order valence-corrected chi connectivity index (χ0v) is 27.1. The fourth-order valence-corrected chi connectivity index (χ4v) is 9.78. The first-order chi connectivity index (χ1) is 20.9. The van der Waals surface area contributed by atoms with Crippen molar-refractivity contribution in [1.29, 1.82) is 10.5 Å². The van der Waals surface area contributed by atoms with E-state index in [1.165, 1.54) is 31.8 Å². The van der Waals surface area contributed by atoms with E-state index in [0.29, 0.717) is 0 Å². The van der Waals surface area contributed by atoms with Gasteiger partial charge in [0.05, 0.1) is 15.8 Å². The molecule has 0 N–H and O–H groups in total. The molecule has 0 fully saturated rings. The van der Waals surface area contributed by atoms with Gasteiger partial charge in [-0.2, -0.15) is 0 Å². The molecule has 0 atom stereocenters. The van der Waals surface area contributed by atoms with Gasteiger partial charge in [-0.15, -0.1) is 0 Å². The standard InChI is InChI=1S/2C18H15P.2CN.Pd/c2*1-4-10-16(11-5-1)19(17-12-6-2-7-13-17)18-14-8-3-9-15-18;2*1-2;/h2*1-15H;;;/q;;2*-1;+2/p+2. The summed E-state index contributed by atoms with van der Waals surface area (Å²) in [6.45, 7) is 9.50. The Morgan fingerprint density at radius 2 is 0.372 bits per heavy atom. The molecule has 0 amide bonds. The second-order valence-corrected chi connectivity index (χ2v) is 13.9. The predicted octanol–water partition coefficient (Wildman–Crippen LogP) is 6.54. The van der Waals surface area contributed by atoms with Gasteiger partial charge in [-0.25, -0.2) is 0 Å². The molecule has 0 bridgehead atoms. The van der Waals surface area contributed by atoms with Gasteiger partial charge in [0.15, 0.2) is 0 Å². The van der Waals surface area contributed by atoms with E-state index in [-0.39, 0.29) is 20.4 Å². The van der Waals surface area contributed by atoms with Crippen molar-refractivity contribution in [3.05, 3.63) is 195 Å². The van der Waals surface area contributed by atoms with Crippen LogP contribution in [0.2, 0.25) is 0 Å². The minimum atomic E-state index is -0.877. The summed E-state index contributed by atoms with van der Waals surface area (Å²) in [4.78, 5) is 0. The summed E-state index contributed by atoms with van der Waals surface area (Å²) in [6.07, 6.45) is 0. The molecule has 0 aromatic heterocycles. The summed E-state index contributed by atoms with van der Waals surface area (Å²) < 4.78 is 0. The van der Waals surface area contributed by atoms with Crippen LogP contribution in [0.5, 0.6) is 0 Å². The van der Waals surface area contributed by atoms with Crippen LogP contribution in [0.1, 0.15) is 0 Å². The van der Waals surface area contributed by atoms with Crippen LogP contribution >= 0.6 is 15.8 Å². The van der Waals surface area contributed by atoms with Crippen LogP contribution in [0, 0.1) is 23.7 Å². The molecule has 0 unspecified atom stereocenters. The van der Waals surface area contributed by atoms with E-state index >= 15 is 0 Å². The second kappa shape index (κ2) is 20.7. The van der Waals surface area contributed by atoms with Crippen molar-refractivity contribution < 1.29 is 20.4 Å². The van der Waals surface area contributed by atoms with Crippen molar-refractivity contribution in [3.8, 4) is 0 Å². The van der Waals surface area contributed by atoms with Gasteiger partial charge in [-0.3, -0.25) is 0 Å². The summed E-state index contributed by atoms with van der Waals surface area (Å²) in [5.41, 5.74) is 0. The largest absolute Gasteiger partial charge is 2.00 e. The van der Waals surface area contributed by atoms with E-state index in [1.807, 2.05) is 0 Å². The van der Waals surface area contributed by atoms with Crippen LogP contribution in [0.3, 0.4) is 0 Å². The molecular weight excluding hydrogens is 653 g/mol. The van der Waals surface area contributed by atoms with E-state index in [9.17, 15) is 0 Å². The molecule has 6 rings (SSSR count). The number of nitrogens with zero attached hydrogens (tertiary/aromatic N) is 2. The number of benzene rings is 6. The van der Waals surface area contributed by atoms with E-state index in [4.69, 9.17) is 23.7 Å². The van der Waals surface area contributed by atoms with Crippen molar-refractivity contribution in [1.82, 2.24) is 0 Å². The fourth-order valence-electron chi connectivity index (χ4n) is 4.63. The molecule has 2 nitrogen and oxygen atoms in total. The molecule has 6 aromatic rings. The van der Waals surface area contributed by atoms with Gasteiger partial charge in [-0.05, 0) is 72.8 Å². The number of hydrogen-bond acceptors (Lipinski definition) is 2. The zero-order valence-electron chi connectivity index (χ0n) is 23.5.